The molecular formula is C14H16F3N3O3S. The minimum atomic E-state index is -4.91. The molecule has 132 valence electrons. The van der Waals surface area contributed by atoms with Gasteiger partial charge in [0.15, 0.2) is 5.69 Å². The highest BCUT2D eigenvalue weighted by Crippen LogP contribution is 2.50. The Labute approximate surface area is 139 Å². The quantitative estimate of drug-likeness (QED) is 0.836. The van der Waals surface area contributed by atoms with E-state index in [1.165, 1.54) is 5.38 Å². The molecule has 2 heterocycles. The molecule has 0 aromatic carbocycles. The first-order valence-corrected chi connectivity index (χ1v) is 8.46. The number of hydrazone groups is 1. The summed E-state index contributed by atoms with van der Waals surface area (Å²) in [7, 11) is 0. The van der Waals surface area contributed by atoms with Crippen molar-refractivity contribution < 1.29 is 27.8 Å². The molecule has 2 atom stereocenters. The van der Waals surface area contributed by atoms with E-state index in [2.05, 4.69) is 10.1 Å². The van der Waals surface area contributed by atoms with E-state index in [9.17, 15) is 23.1 Å². The summed E-state index contributed by atoms with van der Waals surface area (Å²) in [5.74, 6) is -1.83. The van der Waals surface area contributed by atoms with E-state index in [0.717, 1.165) is 17.8 Å². The lowest BCUT2D eigenvalue weighted by molar-refractivity contribution is -0.269. The summed E-state index contributed by atoms with van der Waals surface area (Å²) >= 11 is 0.812. The lowest BCUT2D eigenvalue weighted by Gasteiger charge is -2.38. The standard InChI is InChI=1S/C14H16F3N3O3S/c1-2-23-11(21)10-7-24-12(18-10)20-13(22,14(15,16)17)8-5-3-4-6-9(8)19-20/h7-8,22H,2-6H2,1H3/t8-,13-/m1/s1. The zero-order valence-electron chi connectivity index (χ0n) is 12.8. The second kappa shape index (κ2) is 5.99. The van der Waals surface area contributed by atoms with Gasteiger partial charge in [0.1, 0.15) is 0 Å². The van der Waals surface area contributed by atoms with Crippen molar-refractivity contribution in [1.29, 1.82) is 0 Å². The molecule has 3 rings (SSSR count). The minimum absolute atomic E-state index is 0.101. The van der Waals surface area contributed by atoms with Crippen molar-refractivity contribution in [3.8, 4) is 0 Å². The Balaban J connectivity index is 1.99. The number of carbonyl (C=O) groups is 1. The molecule has 1 aromatic heterocycles. The van der Waals surface area contributed by atoms with Gasteiger partial charge in [-0.3, -0.25) is 0 Å². The number of hydrogen-bond donors (Lipinski definition) is 1. The maximum absolute atomic E-state index is 13.7. The van der Waals surface area contributed by atoms with Gasteiger partial charge in [0.2, 0.25) is 5.13 Å². The molecule has 1 saturated carbocycles. The van der Waals surface area contributed by atoms with Crippen LogP contribution in [-0.2, 0) is 4.74 Å². The fourth-order valence-electron chi connectivity index (χ4n) is 3.07. The Morgan fingerprint density at radius 3 is 2.96 bits per heavy atom. The van der Waals surface area contributed by atoms with Crippen LogP contribution in [-0.4, -0.2) is 40.3 Å². The number of carbonyl (C=O) groups excluding carboxylic acids is 1. The van der Waals surface area contributed by atoms with Crippen molar-refractivity contribution in [3.63, 3.8) is 0 Å². The van der Waals surface area contributed by atoms with Crippen LogP contribution in [0.2, 0.25) is 0 Å². The van der Waals surface area contributed by atoms with E-state index in [0.29, 0.717) is 23.6 Å². The van der Waals surface area contributed by atoms with E-state index in [4.69, 9.17) is 4.74 Å². The topological polar surface area (TPSA) is 75.0 Å². The molecule has 1 fully saturated rings. The second-order valence-corrected chi connectivity index (χ2v) is 6.50. The van der Waals surface area contributed by atoms with Crippen molar-refractivity contribution in [2.24, 2.45) is 11.0 Å². The third-order valence-corrected chi connectivity index (χ3v) is 5.01. The van der Waals surface area contributed by atoms with Gasteiger partial charge in [0.05, 0.1) is 12.5 Å². The Morgan fingerprint density at radius 1 is 1.54 bits per heavy atom. The molecule has 1 N–H and O–H groups in total. The highest BCUT2D eigenvalue weighted by atomic mass is 32.1. The average molecular weight is 363 g/mol. The third kappa shape index (κ3) is 2.57. The number of aliphatic hydroxyl groups is 1. The number of fused-ring (bicyclic) bond motifs is 1. The fourth-order valence-corrected chi connectivity index (χ4v) is 3.86. The van der Waals surface area contributed by atoms with Gasteiger partial charge in [-0.25, -0.2) is 9.78 Å². The highest BCUT2D eigenvalue weighted by Gasteiger charge is 2.67. The van der Waals surface area contributed by atoms with Crippen molar-refractivity contribution in [2.75, 3.05) is 11.6 Å². The number of hydrogen-bond acceptors (Lipinski definition) is 7. The molecule has 0 spiro atoms. The Hall–Kier alpha value is -1.68. The van der Waals surface area contributed by atoms with Crippen molar-refractivity contribution in [3.05, 3.63) is 11.1 Å². The maximum Gasteiger partial charge on any atom is 0.439 e. The number of nitrogens with zero attached hydrogens (tertiary/aromatic N) is 3. The van der Waals surface area contributed by atoms with Gasteiger partial charge in [-0.1, -0.05) is 6.42 Å². The summed E-state index contributed by atoms with van der Waals surface area (Å²) in [5.41, 5.74) is -2.91. The fraction of sp³-hybridized carbons (Fsp3) is 0.643. The van der Waals surface area contributed by atoms with Gasteiger partial charge < -0.3 is 9.84 Å². The van der Waals surface area contributed by atoms with Gasteiger partial charge in [0, 0.05) is 11.1 Å². The zero-order chi connectivity index (χ0) is 17.5. The number of esters is 1. The maximum atomic E-state index is 13.7. The van der Waals surface area contributed by atoms with Crippen LogP contribution < -0.4 is 5.01 Å². The van der Waals surface area contributed by atoms with E-state index < -0.39 is 23.8 Å². The van der Waals surface area contributed by atoms with E-state index in [1.54, 1.807) is 6.92 Å². The summed E-state index contributed by atoms with van der Waals surface area (Å²) in [6, 6.07) is 0. The molecule has 10 heteroatoms. The average Bonchev–Trinajstić information content (AvgIpc) is 3.11. The van der Waals surface area contributed by atoms with Crippen LogP contribution in [0, 0.1) is 5.92 Å². The largest absolute Gasteiger partial charge is 0.461 e. The van der Waals surface area contributed by atoms with Crippen LogP contribution in [0.15, 0.2) is 10.5 Å². The van der Waals surface area contributed by atoms with Crippen molar-refractivity contribution >= 4 is 28.1 Å². The van der Waals surface area contributed by atoms with Crippen LogP contribution in [0.5, 0.6) is 0 Å². The summed E-state index contributed by atoms with van der Waals surface area (Å²) in [6.07, 6.45) is -2.95. The summed E-state index contributed by atoms with van der Waals surface area (Å²) in [5, 5.41) is 16.2. The normalized spacial score (nSPS) is 27.0. The van der Waals surface area contributed by atoms with Crippen LogP contribution in [0.25, 0.3) is 0 Å². The second-order valence-electron chi connectivity index (χ2n) is 5.66. The molecule has 2 aliphatic rings. The molecular weight excluding hydrogens is 347 g/mol. The lowest BCUT2D eigenvalue weighted by Crippen LogP contribution is -2.60. The molecule has 0 amide bonds. The Kier molecular flexibility index (Phi) is 4.28. The summed E-state index contributed by atoms with van der Waals surface area (Å²) < 4.78 is 45.8. The third-order valence-electron chi connectivity index (χ3n) is 4.19. The lowest BCUT2D eigenvalue weighted by atomic mass is 9.80. The first kappa shape index (κ1) is 17.2. The van der Waals surface area contributed by atoms with E-state index in [-0.39, 0.29) is 23.9 Å². The highest BCUT2D eigenvalue weighted by molar-refractivity contribution is 7.14. The molecule has 1 aromatic rings. The number of aromatic nitrogens is 1. The van der Waals surface area contributed by atoms with Gasteiger partial charge in [-0.05, 0) is 26.2 Å². The van der Waals surface area contributed by atoms with Gasteiger partial charge >= 0.3 is 12.1 Å². The van der Waals surface area contributed by atoms with Crippen LogP contribution in [0.3, 0.4) is 0 Å². The molecule has 1 aliphatic carbocycles. The van der Waals surface area contributed by atoms with Crippen molar-refractivity contribution in [2.45, 2.75) is 44.5 Å². The first-order chi connectivity index (χ1) is 11.3. The van der Waals surface area contributed by atoms with Gasteiger partial charge in [-0.2, -0.15) is 23.3 Å². The predicted molar refractivity (Wildman–Crippen MR) is 80.9 cm³/mol. The molecule has 0 radical (unpaired) electrons. The number of rotatable bonds is 3. The number of anilines is 1. The monoisotopic (exact) mass is 363 g/mol. The molecule has 24 heavy (non-hydrogen) atoms. The van der Waals surface area contributed by atoms with Crippen LogP contribution in [0.1, 0.15) is 43.1 Å². The number of halogens is 3. The SMILES string of the molecule is CCOC(=O)c1csc(N2N=C3CCCC[C@H]3[C@@]2(O)C(F)(F)F)n1. The summed E-state index contributed by atoms with van der Waals surface area (Å²) in [4.78, 5) is 15.5. The molecule has 0 saturated heterocycles. The molecule has 1 aliphatic heterocycles. The van der Waals surface area contributed by atoms with Crippen molar-refractivity contribution in [1.82, 2.24) is 4.98 Å². The number of ether oxygens (including phenoxy) is 1. The predicted octanol–water partition coefficient (Wildman–Crippen LogP) is 2.94. The van der Waals surface area contributed by atoms with Crippen LogP contribution >= 0.6 is 11.3 Å². The Morgan fingerprint density at radius 2 is 2.29 bits per heavy atom. The number of thiazole rings is 1. The molecule has 0 bridgehead atoms. The Bertz CT molecular complexity index is 676. The van der Waals surface area contributed by atoms with Gasteiger partial charge in [-0.15, -0.1) is 11.3 Å². The minimum Gasteiger partial charge on any atom is -0.461 e. The van der Waals surface area contributed by atoms with E-state index in [1.807, 2.05) is 0 Å². The molecule has 6 nitrogen and oxygen atoms in total. The molecule has 0 unspecified atom stereocenters. The smallest absolute Gasteiger partial charge is 0.439 e. The first-order valence-electron chi connectivity index (χ1n) is 7.58. The van der Waals surface area contributed by atoms with E-state index >= 15 is 0 Å². The number of alkyl halides is 3. The summed E-state index contributed by atoms with van der Waals surface area (Å²) in [6.45, 7) is 1.75. The zero-order valence-corrected chi connectivity index (χ0v) is 13.7. The van der Waals surface area contributed by atoms with Crippen LogP contribution in [0.4, 0.5) is 18.3 Å². The van der Waals surface area contributed by atoms with Gasteiger partial charge in [0.25, 0.3) is 5.72 Å².